The number of anilines is 1. The fourth-order valence-electron chi connectivity index (χ4n) is 4.30. The molecule has 5 rings (SSSR count). The molecule has 9 nitrogen and oxygen atoms in total. The Kier molecular flexibility index (Phi) is 5.50. The van der Waals surface area contributed by atoms with Crippen LogP contribution in [0.25, 0.3) is 11.5 Å². The number of nitriles is 1. The molecule has 0 atom stereocenters. The zero-order chi connectivity index (χ0) is 21.9. The van der Waals surface area contributed by atoms with Gasteiger partial charge in [0.15, 0.2) is 11.5 Å². The first-order valence-corrected chi connectivity index (χ1v) is 11.1. The van der Waals surface area contributed by atoms with Crippen molar-refractivity contribution in [2.45, 2.75) is 45.4 Å². The van der Waals surface area contributed by atoms with Crippen molar-refractivity contribution in [3.8, 4) is 11.9 Å². The third-order valence-electron chi connectivity index (χ3n) is 5.88. The van der Waals surface area contributed by atoms with Crippen molar-refractivity contribution in [1.82, 2.24) is 34.3 Å². The fourth-order valence-corrected chi connectivity index (χ4v) is 4.30. The van der Waals surface area contributed by atoms with E-state index in [0.717, 1.165) is 54.5 Å². The number of aryl methyl sites for hydroxylation is 1. The van der Waals surface area contributed by atoms with Crippen LogP contribution in [0.5, 0.6) is 0 Å². The number of fused-ring (bicyclic) bond motifs is 1. The second kappa shape index (κ2) is 8.75. The van der Waals surface area contributed by atoms with Crippen LogP contribution in [0.2, 0.25) is 0 Å². The highest BCUT2D eigenvalue weighted by Crippen LogP contribution is 2.23. The lowest BCUT2D eigenvalue weighted by Crippen LogP contribution is -2.30. The molecule has 0 amide bonds. The number of pyridine rings is 1. The van der Waals surface area contributed by atoms with Crippen LogP contribution in [-0.2, 0) is 12.8 Å². The second-order valence-corrected chi connectivity index (χ2v) is 8.05. The van der Waals surface area contributed by atoms with Gasteiger partial charge in [-0.25, -0.2) is 19.2 Å². The highest BCUT2D eigenvalue weighted by Gasteiger charge is 2.20. The minimum Gasteiger partial charge on any atom is -0.340 e. The van der Waals surface area contributed by atoms with Gasteiger partial charge in [0.25, 0.3) is 0 Å². The Hall–Kier alpha value is -3.80. The second-order valence-electron chi connectivity index (χ2n) is 8.05. The highest BCUT2D eigenvalue weighted by atomic mass is 15.4. The highest BCUT2D eigenvalue weighted by molar-refractivity contribution is 5.54. The van der Waals surface area contributed by atoms with Crippen molar-refractivity contribution >= 4 is 11.6 Å². The molecule has 0 radical (unpaired) electrons. The Balaban J connectivity index is 1.53. The van der Waals surface area contributed by atoms with Crippen LogP contribution in [0.3, 0.4) is 0 Å². The van der Waals surface area contributed by atoms with Crippen LogP contribution in [-0.4, -0.2) is 47.4 Å². The third-order valence-corrected chi connectivity index (χ3v) is 5.88. The molecule has 1 aliphatic heterocycles. The van der Waals surface area contributed by atoms with Crippen LogP contribution in [0.4, 0.5) is 5.95 Å². The zero-order valence-corrected chi connectivity index (χ0v) is 18.1. The maximum Gasteiger partial charge on any atom is 0.245 e. The van der Waals surface area contributed by atoms with Crippen molar-refractivity contribution in [3.05, 3.63) is 59.4 Å². The van der Waals surface area contributed by atoms with Gasteiger partial charge in [0.2, 0.25) is 5.95 Å². The Morgan fingerprint density at radius 3 is 2.78 bits per heavy atom. The van der Waals surface area contributed by atoms with Gasteiger partial charge < -0.3 is 4.90 Å². The molecule has 0 spiro atoms. The van der Waals surface area contributed by atoms with E-state index in [4.69, 9.17) is 15.1 Å². The largest absolute Gasteiger partial charge is 0.340 e. The van der Waals surface area contributed by atoms with E-state index in [9.17, 15) is 5.26 Å². The van der Waals surface area contributed by atoms with E-state index >= 15 is 0 Å². The van der Waals surface area contributed by atoms with Crippen LogP contribution in [0.15, 0.2) is 36.9 Å². The third kappa shape index (κ3) is 3.68. The molecule has 9 heteroatoms. The number of piperidine rings is 1. The molecule has 1 fully saturated rings. The fraction of sp³-hybridized carbons (Fsp3) is 0.391. The quantitative estimate of drug-likeness (QED) is 0.466. The average Bonchev–Trinajstić information content (AvgIpc) is 3.48. The van der Waals surface area contributed by atoms with E-state index in [-0.39, 0.29) is 0 Å². The lowest BCUT2D eigenvalue weighted by Gasteiger charge is -2.24. The first-order valence-electron chi connectivity index (χ1n) is 11.1. The van der Waals surface area contributed by atoms with Gasteiger partial charge in [-0.2, -0.15) is 15.3 Å². The summed E-state index contributed by atoms with van der Waals surface area (Å²) in [6.07, 6.45) is 11.2. The number of hydrogen-bond donors (Lipinski definition) is 0. The molecule has 0 aromatic carbocycles. The monoisotopic (exact) mass is 427 g/mol. The summed E-state index contributed by atoms with van der Waals surface area (Å²) >= 11 is 0. The molecule has 5 heterocycles. The first-order chi connectivity index (χ1) is 15.8. The molecule has 32 heavy (non-hydrogen) atoms. The predicted octanol–water partition coefficient (Wildman–Crippen LogP) is 3.11. The lowest BCUT2D eigenvalue weighted by atomic mass is 10.1. The number of aromatic nitrogens is 7. The standard InChI is InChI=1S/C23H25N9/c1-2-7-19-20(14-18-9-11-27-32(18)21-17(15-24)8-6-10-25-21)26-16-31-22(19)28-23(29-31)30-12-4-3-5-13-30/h6,8-11,16H,2-5,7,12-14H2,1H3. The molecule has 0 aliphatic carbocycles. The number of rotatable bonds is 6. The molecule has 0 unspecified atom stereocenters. The average molecular weight is 428 g/mol. The Bertz CT molecular complexity index is 1270. The van der Waals surface area contributed by atoms with Crippen LogP contribution < -0.4 is 4.90 Å². The summed E-state index contributed by atoms with van der Waals surface area (Å²) in [5.74, 6) is 1.32. The van der Waals surface area contributed by atoms with Crippen LogP contribution in [0, 0.1) is 11.3 Å². The Labute approximate surface area is 186 Å². The first kappa shape index (κ1) is 20.1. The molecular formula is C23H25N9. The summed E-state index contributed by atoms with van der Waals surface area (Å²) in [6, 6.07) is 7.65. The van der Waals surface area contributed by atoms with E-state index in [1.165, 1.54) is 19.3 Å². The summed E-state index contributed by atoms with van der Waals surface area (Å²) in [4.78, 5) is 16.3. The molecule has 0 saturated carbocycles. The van der Waals surface area contributed by atoms with Crippen molar-refractivity contribution in [2.75, 3.05) is 18.0 Å². The summed E-state index contributed by atoms with van der Waals surface area (Å²) in [7, 11) is 0. The van der Waals surface area contributed by atoms with Gasteiger partial charge in [-0.05, 0) is 43.9 Å². The van der Waals surface area contributed by atoms with Gasteiger partial charge in [0.1, 0.15) is 12.4 Å². The summed E-state index contributed by atoms with van der Waals surface area (Å²) < 4.78 is 3.53. The molecule has 0 bridgehead atoms. The zero-order valence-electron chi connectivity index (χ0n) is 18.1. The van der Waals surface area contributed by atoms with Gasteiger partial charge in [-0.3, -0.25) is 0 Å². The van der Waals surface area contributed by atoms with E-state index in [1.807, 2.05) is 10.6 Å². The van der Waals surface area contributed by atoms with Crippen molar-refractivity contribution < 1.29 is 0 Å². The summed E-state index contributed by atoms with van der Waals surface area (Å²) in [5.41, 5.74) is 4.34. The molecule has 162 valence electrons. The molecule has 0 N–H and O–H groups in total. The van der Waals surface area contributed by atoms with Crippen LogP contribution >= 0.6 is 0 Å². The van der Waals surface area contributed by atoms with E-state index in [1.54, 1.807) is 35.5 Å². The SMILES string of the molecule is CCCc1c(Cc2ccnn2-c2ncccc2C#N)ncn2nc(N3CCCCC3)nc12. The summed E-state index contributed by atoms with van der Waals surface area (Å²) in [5, 5.41) is 18.6. The van der Waals surface area contributed by atoms with E-state index in [2.05, 4.69) is 28.0 Å². The van der Waals surface area contributed by atoms with Gasteiger partial charge in [-0.15, -0.1) is 5.10 Å². The predicted molar refractivity (Wildman–Crippen MR) is 120 cm³/mol. The van der Waals surface area contributed by atoms with Gasteiger partial charge in [0.05, 0.1) is 17.0 Å². The Morgan fingerprint density at radius 2 is 1.97 bits per heavy atom. The molecule has 1 aliphatic rings. The minimum atomic E-state index is 0.485. The smallest absolute Gasteiger partial charge is 0.245 e. The molecule has 4 aromatic heterocycles. The normalized spacial score (nSPS) is 14.1. The molecule has 4 aromatic rings. The topological polar surface area (TPSA) is 101 Å². The van der Waals surface area contributed by atoms with Gasteiger partial charge in [0, 0.05) is 37.5 Å². The number of hydrogen-bond acceptors (Lipinski definition) is 7. The van der Waals surface area contributed by atoms with E-state index < -0.39 is 0 Å². The number of nitrogens with zero attached hydrogens (tertiary/aromatic N) is 9. The van der Waals surface area contributed by atoms with Gasteiger partial charge in [-0.1, -0.05) is 13.3 Å². The van der Waals surface area contributed by atoms with Crippen molar-refractivity contribution in [2.24, 2.45) is 0 Å². The maximum atomic E-state index is 9.47. The molecule has 1 saturated heterocycles. The summed E-state index contributed by atoms with van der Waals surface area (Å²) in [6.45, 7) is 4.17. The van der Waals surface area contributed by atoms with Crippen LogP contribution in [0.1, 0.15) is 55.1 Å². The van der Waals surface area contributed by atoms with Gasteiger partial charge >= 0.3 is 0 Å². The Morgan fingerprint density at radius 1 is 1.09 bits per heavy atom. The minimum absolute atomic E-state index is 0.485. The maximum absolute atomic E-state index is 9.47. The van der Waals surface area contributed by atoms with Crippen molar-refractivity contribution in [1.29, 1.82) is 5.26 Å². The van der Waals surface area contributed by atoms with E-state index in [0.29, 0.717) is 17.8 Å². The van der Waals surface area contributed by atoms with Crippen molar-refractivity contribution in [3.63, 3.8) is 0 Å². The molecular weight excluding hydrogens is 402 g/mol. The lowest BCUT2D eigenvalue weighted by molar-refractivity contribution is 0.568.